The second-order valence-corrected chi connectivity index (χ2v) is 16.5. The van der Waals surface area contributed by atoms with Gasteiger partial charge in [-0.1, -0.05) is 32.9 Å². The number of pyridine rings is 1. The van der Waals surface area contributed by atoms with E-state index in [-0.39, 0.29) is 40.3 Å². The second-order valence-electron chi connectivity index (χ2n) is 16.5. The number of rotatable bonds is 8. The zero-order valence-electron chi connectivity index (χ0n) is 30.2. The van der Waals surface area contributed by atoms with Crippen LogP contribution in [0, 0.1) is 18.3 Å². The Kier molecular flexibility index (Phi) is 9.20. The zero-order valence-corrected chi connectivity index (χ0v) is 30.2. The number of amides is 2. The number of fused-ring (bicyclic) bond motifs is 3. The predicted molar refractivity (Wildman–Crippen MR) is 190 cm³/mol. The Bertz CT molecular complexity index is 1690. The lowest BCUT2D eigenvalue weighted by atomic mass is 9.51. The number of aromatic nitrogens is 2. The number of nitrogens with zero attached hydrogens (tertiary/aromatic N) is 4. The van der Waals surface area contributed by atoms with Crippen LogP contribution in [0.3, 0.4) is 0 Å². The second kappa shape index (κ2) is 13.3. The van der Waals surface area contributed by atoms with Crippen molar-refractivity contribution in [3.05, 3.63) is 59.8 Å². The van der Waals surface area contributed by atoms with Gasteiger partial charge in [0.15, 0.2) is 5.89 Å². The van der Waals surface area contributed by atoms with Crippen LogP contribution < -0.4 is 9.64 Å². The molecule has 3 heterocycles. The molecule has 5 fully saturated rings. The van der Waals surface area contributed by atoms with E-state index in [9.17, 15) is 14.7 Å². The molecule has 268 valence electrons. The van der Waals surface area contributed by atoms with E-state index in [1.807, 2.05) is 17.0 Å². The third kappa shape index (κ3) is 6.75. The molecule has 2 aromatic heterocycles. The summed E-state index contributed by atoms with van der Waals surface area (Å²) in [5, 5.41) is 9.57. The summed E-state index contributed by atoms with van der Waals surface area (Å²) in [6.07, 6.45) is 11.5. The Morgan fingerprint density at radius 3 is 2.32 bits per heavy atom. The molecule has 5 aliphatic rings. The van der Waals surface area contributed by atoms with Crippen LogP contribution in [0.2, 0.25) is 0 Å². The fraction of sp³-hybridized carbons (Fsp3) is 0.600. The van der Waals surface area contributed by atoms with Gasteiger partial charge in [0.2, 0.25) is 5.91 Å². The van der Waals surface area contributed by atoms with Crippen molar-refractivity contribution < 1.29 is 28.6 Å². The number of likely N-dealkylation sites (tertiary alicyclic amines) is 1. The molecule has 8 rings (SSSR count). The Morgan fingerprint density at radius 1 is 1.02 bits per heavy atom. The lowest BCUT2D eigenvalue weighted by Crippen LogP contribution is -2.54. The molecule has 0 spiro atoms. The van der Waals surface area contributed by atoms with Crippen molar-refractivity contribution in [3.63, 3.8) is 0 Å². The fourth-order valence-electron chi connectivity index (χ4n) is 8.69. The quantitative estimate of drug-likeness (QED) is 0.262. The number of carbonyl (C=O) groups excluding carboxylic acids is 2. The third-order valence-corrected chi connectivity index (χ3v) is 12.0. The highest BCUT2D eigenvalue weighted by Gasteiger charge is 2.51. The third-order valence-electron chi connectivity index (χ3n) is 12.0. The number of anilines is 1. The monoisotopic (exact) mass is 684 g/mol. The summed E-state index contributed by atoms with van der Waals surface area (Å²) >= 11 is 0. The van der Waals surface area contributed by atoms with Crippen LogP contribution in [0.25, 0.3) is 11.3 Å². The van der Waals surface area contributed by atoms with Gasteiger partial charge in [-0.05, 0) is 111 Å². The van der Waals surface area contributed by atoms with E-state index >= 15 is 0 Å². The van der Waals surface area contributed by atoms with E-state index in [0.717, 1.165) is 55.5 Å². The molecule has 0 radical (unpaired) electrons. The van der Waals surface area contributed by atoms with Crippen LogP contribution in [0.1, 0.15) is 102 Å². The maximum atomic E-state index is 14.6. The van der Waals surface area contributed by atoms with Crippen molar-refractivity contribution in [2.24, 2.45) is 11.3 Å². The molecular formula is C40H52N4O6. The van der Waals surface area contributed by atoms with Gasteiger partial charge in [-0.25, -0.2) is 14.8 Å². The molecule has 4 aliphatic carbocycles. The lowest BCUT2D eigenvalue weighted by Gasteiger charge is -2.55. The summed E-state index contributed by atoms with van der Waals surface area (Å²) in [6, 6.07) is 10.6. The average molecular weight is 685 g/mol. The van der Waals surface area contributed by atoms with Crippen LogP contribution in [0.4, 0.5) is 10.6 Å². The summed E-state index contributed by atoms with van der Waals surface area (Å²) in [5.74, 6) is 2.17. The van der Waals surface area contributed by atoms with Gasteiger partial charge in [-0.2, -0.15) is 0 Å². The van der Waals surface area contributed by atoms with Crippen molar-refractivity contribution in [2.75, 3.05) is 31.6 Å². The lowest BCUT2D eigenvalue weighted by molar-refractivity contribution is -0.124. The Labute approximate surface area is 295 Å². The highest BCUT2D eigenvalue weighted by atomic mass is 16.6. The minimum Gasteiger partial charge on any atom is -0.496 e. The van der Waals surface area contributed by atoms with Crippen LogP contribution in [-0.4, -0.2) is 70.9 Å². The summed E-state index contributed by atoms with van der Waals surface area (Å²) in [6.45, 7) is 9.62. The van der Waals surface area contributed by atoms with E-state index in [4.69, 9.17) is 23.9 Å². The molecule has 0 unspecified atom stereocenters. The number of aliphatic hydroxyl groups is 1. The van der Waals surface area contributed by atoms with E-state index in [2.05, 4.69) is 45.9 Å². The molecule has 1 saturated heterocycles. The molecule has 2 amide bonds. The van der Waals surface area contributed by atoms with E-state index < -0.39 is 6.10 Å². The van der Waals surface area contributed by atoms with Crippen LogP contribution >= 0.6 is 0 Å². The highest BCUT2D eigenvalue weighted by molar-refractivity contribution is 5.95. The standard InChI is InChI=1S/C40H52N4O6/c1-26-20-29(8-11-33(26)48-5)40-16-13-39(14-17-40,15-18-40)25-44(34-21-28(12-19-41-34)32-24-49-36(42-32)38(2,3)4)35(46)27-6-9-31(10-7-27)50-37(47)43-22-30(45)23-43/h8,11-12,19-21,24,27,30-31,45H,6-7,9-10,13-18,22-23,25H2,1-5H3. The Balaban J connectivity index is 1.10. The SMILES string of the molecule is COc1ccc(C23CCC(CN(C(=O)C4CCC(OC(=O)N5CC(O)C5)CC4)c4cc(-c5coc(C(C)(C)C)n5)ccn4)(CC2)CC3)cc1C. The van der Waals surface area contributed by atoms with Crippen molar-refractivity contribution in [1.29, 1.82) is 0 Å². The van der Waals surface area contributed by atoms with Crippen molar-refractivity contribution in [3.8, 4) is 17.0 Å². The number of hydrogen-bond donors (Lipinski definition) is 1. The smallest absolute Gasteiger partial charge is 0.410 e. The van der Waals surface area contributed by atoms with E-state index in [1.165, 1.54) is 16.0 Å². The molecule has 0 atom stereocenters. The molecule has 2 bridgehead atoms. The van der Waals surface area contributed by atoms with Crippen molar-refractivity contribution >= 4 is 17.8 Å². The molecule has 50 heavy (non-hydrogen) atoms. The number of ether oxygens (including phenoxy) is 2. The molecule has 1 aromatic carbocycles. The summed E-state index contributed by atoms with van der Waals surface area (Å²) in [4.78, 5) is 40.2. The van der Waals surface area contributed by atoms with Gasteiger partial charge in [0.05, 0.1) is 26.3 Å². The number of aryl methyl sites for hydroxylation is 1. The summed E-state index contributed by atoms with van der Waals surface area (Å²) < 4.78 is 17.1. The molecule has 1 N–H and O–H groups in total. The van der Waals surface area contributed by atoms with Gasteiger partial charge in [0.25, 0.3) is 0 Å². The molecular weight excluding hydrogens is 632 g/mol. The minimum atomic E-state index is -0.463. The van der Waals surface area contributed by atoms with Gasteiger partial charge >= 0.3 is 6.09 Å². The molecule has 1 aliphatic heterocycles. The number of hydrogen-bond acceptors (Lipinski definition) is 8. The Morgan fingerprint density at radius 2 is 1.72 bits per heavy atom. The van der Waals surface area contributed by atoms with Gasteiger partial charge in [0.1, 0.15) is 29.6 Å². The van der Waals surface area contributed by atoms with Crippen molar-refractivity contribution in [1.82, 2.24) is 14.9 Å². The normalized spacial score (nSPS) is 26.7. The highest BCUT2D eigenvalue weighted by Crippen LogP contribution is 2.58. The number of aliphatic hydroxyl groups excluding tert-OH is 1. The van der Waals surface area contributed by atoms with Crippen molar-refractivity contribution in [2.45, 2.75) is 115 Å². The summed E-state index contributed by atoms with van der Waals surface area (Å²) in [7, 11) is 1.73. The number of carbonyl (C=O) groups is 2. The fourth-order valence-corrected chi connectivity index (χ4v) is 8.69. The van der Waals surface area contributed by atoms with Crippen LogP contribution in [-0.2, 0) is 20.4 Å². The Hall–Kier alpha value is -3.92. The number of methoxy groups -OCH3 is 1. The van der Waals surface area contributed by atoms with E-state index in [1.54, 1.807) is 19.6 Å². The minimum absolute atomic E-state index is 0.0262. The first-order chi connectivity index (χ1) is 23.9. The van der Waals surface area contributed by atoms with Crippen LogP contribution in [0.5, 0.6) is 5.75 Å². The maximum Gasteiger partial charge on any atom is 0.410 e. The molecule has 10 heteroatoms. The van der Waals surface area contributed by atoms with Crippen LogP contribution in [0.15, 0.2) is 47.2 Å². The number of oxazole rings is 1. The van der Waals surface area contributed by atoms with E-state index in [0.29, 0.717) is 57.0 Å². The maximum absolute atomic E-state index is 14.6. The van der Waals surface area contributed by atoms with Gasteiger partial charge < -0.3 is 23.9 Å². The first-order valence-electron chi connectivity index (χ1n) is 18.4. The largest absolute Gasteiger partial charge is 0.496 e. The molecule has 3 aromatic rings. The van der Waals surface area contributed by atoms with Gasteiger partial charge in [0, 0.05) is 29.6 Å². The molecule has 10 nitrogen and oxygen atoms in total. The van der Waals surface area contributed by atoms with Gasteiger partial charge in [-0.15, -0.1) is 0 Å². The average Bonchev–Trinajstić information content (AvgIpc) is 3.62. The zero-order chi connectivity index (χ0) is 35.3. The summed E-state index contributed by atoms with van der Waals surface area (Å²) in [5.41, 5.74) is 4.17. The predicted octanol–water partition coefficient (Wildman–Crippen LogP) is 7.35. The van der Waals surface area contributed by atoms with Gasteiger partial charge in [-0.3, -0.25) is 9.69 Å². The number of β-amino-alcohol motifs (C(OH)–C–C–N with tert-alkyl or cyclic N) is 1. The topological polar surface area (TPSA) is 118 Å². The number of benzene rings is 1. The molecule has 4 saturated carbocycles. The first kappa shape index (κ1) is 34.5. The first-order valence-corrected chi connectivity index (χ1v) is 18.4.